The van der Waals surface area contributed by atoms with Crippen LogP contribution in [0, 0.1) is 0 Å². The molecule has 5 heteroatoms. The molecule has 1 rings (SSSR count). The molecule has 1 aromatic rings. The van der Waals surface area contributed by atoms with Crippen LogP contribution in [0.4, 0.5) is 0 Å². The fourth-order valence-corrected chi connectivity index (χ4v) is 1.50. The minimum Gasteiger partial charge on any atom is -0.392 e. The van der Waals surface area contributed by atoms with Crippen molar-refractivity contribution in [1.29, 1.82) is 0 Å². The van der Waals surface area contributed by atoms with Crippen molar-refractivity contribution < 1.29 is 14.7 Å². The van der Waals surface area contributed by atoms with Gasteiger partial charge in [-0.2, -0.15) is 0 Å². The summed E-state index contributed by atoms with van der Waals surface area (Å²) in [4.78, 5) is 25.4. The Balaban J connectivity index is 2.82. The predicted molar refractivity (Wildman–Crippen MR) is 73.1 cm³/mol. The first-order valence-corrected chi connectivity index (χ1v) is 6.27. The Kier molecular flexibility index (Phi) is 5.51. The normalized spacial score (nSPS) is 11.8. The summed E-state index contributed by atoms with van der Waals surface area (Å²) in [5.74, 6) is -0.414. The van der Waals surface area contributed by atoms with Crippen LogP contribution in [0.5, 0.6) is 0 Å². The smallest absolute Gasteiger partial charge is 0.253 e. The van der Waals surface area contributed by atoms with E-state index in [1.54, 1.807) is 43.1 Å². The lowest BCUT2D eigenvalue weighted by atomic mass is 10.1. The first kappa shape index (κ1) is 15.2. The predicted octanol–water partition coefficient (Wildman–Crippen LogP) is 0.889. The highest BCUT2D eigenvalue weighted by atomic mass is 16.3. The van der Waals surface area contributed by atoms with E-state index >= 15 is 0 Å². The molecule has 1 atom stereocenters. The maximum atomic E-state index is 12.0. The van der Waals surface area contributed by atoms with E-state index in [4.69, 9.17) is 5.11 Å². The van der Waals surface area contributed by atoms with Gasteiger partial charge in [0.1, 0.15) is 0 Å². The molecule has 0 aromatic heterocycles. The van der Waals surface area contributed by atoms with Crippen LogP contribution >= 0.6 is 0 Å². The summed E-state index contributed by atoms with van der Waals surface area (Å²) < 4.78 is 0. The molecule has 0 aliphatic heterocycles. The minimum atomic E-state index is -0.597. The van der Waals surface area contributed by atoms with E-state index in [1.165, 1.54) is 0 Å². The highest BCUT2D eigenvalue weighted by molar-refractivity contribution is 5.99. The Morgan fingerprint density at radius 3 is 2.58 bits per heavy atom. The van der Waals surface area contributed by atoms with Gasteiger partial charge in [0, 0.05) is 31.3 Å². The molecule has 0 fully saturated rings. The lowest BCUT2D eigenvalue weighted by Gasteiger charge is -2.15. The third-order valence-electron chi connectivity index (χ3n) is 2.75. The summed E-state index contributed by atoms with van der Waals surface area (Å²) in [5.41, 5.74) is 0.894. The Hall–Kier alpha value is -1.88. The average molecular weight is 264 g/mol. The SMILES string of the molecule is CCN(C)C(=O)c1cccc(C(=O)NCC(C)O)c1. The quantitative estimate of drug-likeness (QED) is 0.829. The number of hydrogen-bond donors (Lipinski definition) is 2. The molecule has 5 nitrogen and oxygen atoms in total. The molecule has 0 heterocycles. The molecule has 1 aromatic carbocycles. The fraction of sp³-hybridized carbons (Fsp3) is 0.429. The second-order valence-electron chi connectivity index (χ2n) is 4.46. The second kappa shape index (κ2) is 6.89. The van der Waals surface area contributed by atoms with E-state index in [9.17, 15) is 9.59 Å². The van der Waals surface area contributed by atoms with E-state index in [0.717, 1.165) is 0 Å². The topological polar surface area (TPSA) is 69.6 Å². The summed E-state index contributed by atoms with van der Waals surface area (Å²) in [6.07, 6.45) is -0.597. The molecule has 0 aliphatic carbocycles. The number of aliphatic hydroxyl groups is 1. The molecule has 0 bridgehead atoms. The van der Waals surface area contributed by atoms with Gasteiger partial charge in [-0.05, 0) is 32.0 Å². The first-order chi connectivity index (χ1) is 8.95. The lowest BCUT2D eigenvalue weighted by molar-refractivity contribution is 0.0802. The number of rotatable bonds is 5. The van der Waals surface area contributed by atoms with Gasteiger partial charge in [-0.25, -0.2) is 0 Å². The number of hydrogen-bond acceptors (Lipinski definition) is 3. The summed E-state index contributed by atoms with van der Waals surface area (Å²) in [6.45, 7) is 4.27. The van der Waals surface area contributed by atoms with Crippen molar-refractivity contribution in [2.75, 3.05) is 20.1 Å². The molecule has 0 saturated heterocycles. The van der Waals surface area contributed by atoms with E-state index in [-0.39, 0.29) is 18.4 Å². The maximum Gasteiger partial charge on any atom is 0.253 e. The zero-order valence-corrected chi connectivity index (χ0v) is 11.5. The van der Waals surface area contributed by atoms with E-state index < -0.39 is 6.10 Å². The molecular weight excluding hydrogens is 244 g/mol. The van der Waals surface area contributed by atoms with Gasteiger partial charge < -0.3 is 15.3 Å². The zero-order valence-electron chi connectivity index (χ0n) is 11.5. The average Bonchev–Trinajstić information content (AvgIpc) is 2.43. The molecule has 2 N–H and O–H groups in total. The van der Waals surface area contributed by atoms with Gasteiger partial charge in [-0.1, -0.05) is 6.07 Å². The summed E-state index contributed by atoms with van der Waals surface area (Å²) in [6, 6.07) is 6.56. The van der Waals surface area contributed by atoms with Crippen LogP contribution in [0.2, 0.25) is 0 Å². The van der Waals surface area contributed by atoms with Gasteiger partial charge in [0.25, 0.3) is 11.8 Å². The molecular formula is C14H20N2O3. The number of amides is 2. The monoisotopic (exact) mass is 264 g/mol. The van der Waals surface area contributed by atoms with Crippen LogP contribution in [0.3, 0.4) is 0 Å². The highest BCUT2D eigenvalue weighted by Gasteiger charge is 2.13. The molecule has 104 valence electrons. The van der Waals surface area contributed by atoms with Crippen LogP contribution in [-0.4, -0.2) is 48.1 Å². The number of aliphatic hydroxyl groups excluding tert-OH is 1. The van der Waals surface area contributed by atoms with Crippen molar-refractivity contribution in [3.05, 3.63) is 35.4 Å². The largest absolute Gasteiger partial charge is 0.392 e. The van der Waals surface area contributed by atoms with Crippen molar-refractivity contribution >= 4 is 11.8 Å². The second-order valence-corrected chi connectivity index (χ2v) is 4.46. The standard InChI is InChI=1S/C14H20N2O3/c1-4-16(3)14(19)12-7-5-6-11(8-12)13(18)15-9-10(2)17/h5-8,10,17H,4,9H2,1-3H3,(H,15,18). The summed E-state index contributed by atoms with van der Waals surface area (Å²) in [5, 5.41) is 11.7. The van der Waals surface area contributed by atoms with Crippen molar-refractivity contribution in [2.24, 2.45) is 0 Å². The molecule has 0 saturated carbocycles. The molecule has 19 heavy (non-hydrogen) atoms. The fourth-order valence-electron chi connectivity index (χ4n) is 1.50. The Bertz CT molecular complexity index is 458. The maximum absolute atomic E-state index is 12.0. The van der Waals surface area contributed by atoms with Gasteiger partial charge in [0.05, 0.1) is 6.10 Å². The van der Waals surface area contributed by atoms with Crippen LogP contribution in [0.15, 0.2) is 24.3 Å². The molecule has 0 radical (unpaired) electrons. The van der Waals surface area contributed by atoms with Gasteiger partial charge >= 0.3 is 0 Å². The Morgan fingerprint density at radius 2 is 2.00 bits per heavy atom. The number of nitrogens with one attached hydrogen (secondary N) is 1. The number of benzene rings is 1. The van der Waals surface area contributed by atoms with Gasteiger partial charge in [-0.3, -0.25) is 9.59 Å². The molecule has 0 spiro atoms. The molecule has 2 amide bonds. The van der Waals surface area contributed by atoms with Gasteiger partial charge in [0.15, 0.2) is 0 Å². The summed E-state index contributed by atoms with van der Waals surface area (Å²) >= 11 is 0. The van der Waals surface area contributed by atoms with Crippen molar-refractivity contribution in [2.45, 2.75) is 20.0 Å². The van der Waals surface area contributed by atoms with Crippen molar-refractivity contribution in [3.63, 3.8) is 0 Å². The van der Waals surface area contributed by atoms with Crippen LogP contribution in [0.1, 0.15) is 34.6 Å². The van der Waals surface area contributed by atoms with Crippen LogP contribution in [0.25, 0.3) is 0 Å². The number of nitrogens with zero attached hydrogens (tertiary/aromatic N) is 1. The Morgan fingerprint density at radius 1 is 1.37 bits per heavy atom. The van der Waals surface area contributed by atoms with Crippen molar-refractivity contribution in [3.8, 4) is 0 Å². The van der Waals surface area contributed by atoms with Crippen LogP contribution < -0.4 is 5.32 Å². The van der Waals surface area contributed by atoms with Crippen molar-refractivity contribution in [1.82, 2.24) is 10.2 Å². The molecule has 1 unspecified atom stereocenters. The third-order valence-corrected chi connectivity index (χ3v) is 2.75. The van der Waals surface area contributed by atoms with Crippen LogP contribution in [-0.2, 0) is 0 Å². The zero-order chi connectivity index (χ0) is 14.4. The van der Waals surface area contributed by atoms with E-state index in [2.05, 4.69) is 5.32 Å². The van der Waals surface area contributed by atoms with E-state index in [1.807, 2.05) is 6.92 Å². The van der Waals surface area contributed by atoms with Gasteiger partial charge in [0.2, 0.25) is 0 Å². The number of carbonyl (C=O) groups is 2. The highest BCUT2D eigenvalue weighted by Crippen LogP contribution is 2.08. The summed E-state index contributed by atoms with van der Waals surface area (Å²) in [7, 11) is 1.71. The molecule has 0 aliphatic rings. The van der Waals surface area contributed by atoms with Gasteiger partial charge in [-0.15, -0.1) is 0 Å². The number of carbonyl (C=O) groups excluding carboxylic acids is 2. The minimum absolute atomic E-state index is 0.118. The van der Waals surface area contributed by atoms with E-state index in [0.29, 0.717) is 17.7 Å². The third kappa shape index (κ3) is 4.37. The lowest BCUT2D eigenvalue weighted by Crippen LogP contribution is -2.31. The first-order valence-electron chi connectivity index (χ1n) is 6.27. The Labute approximate surface area is 113 Å².